The molecule has 0 spiro atoms. The van der Waals surface area contributed by atoms with Crippen LogP contribution in [0.4, 0.5) is 5.69 Å². The Morgan fingerprint density at radius 2 is 1.78 bits per heavy atom. The number of anilines is 1. The minimum atomic E-state index is -3.85. The summed E-state index contributed by atoms with van der Waals surface area (Å²) < 4.78 is 26.9. The van der Waals surface area contributed by atoms with Gasteiger partial charge >= 0.3 is 0 Å². The molecule has 2 aromatic carbocycles. The highest BCUT2D eigenvalue weighted by molar-refractivity contribution is 7.89. The van der Waals surface area contributed by atoms with Crippen molar-refractivity contribution in [2.24, 2.45) is 0 Å². The second kappa shape index (κ2) is 7.85. The molecular weight excluding hydrogens is 362 g/mol. The summed E-state index contributed by atoms with van der Waals surface area (Å²) >= 11 is 0. The predicted octanol–water partition coefficient (Wildman–Crippen LogP) is 3.06. The van der Waals surface area contributed by atoms with Crippen LogP contribution in [-0.2, 0) is 21.2 Å². The number of amides is 1. The molecule has 0 aliphatic rings. The number of hydrogen-bond acceptors (Lipinski definition) is 4. The van der Waals surface area contributed by atoms with E-state index >= 15 is 0 Å². The molecule has 0 aliphatic carbocycles. The monoisotopic (exact) mass is 383 g/mol. The molecule has 3 aromatic rings. The summed E-state index contributed by atoms with van der Waals surface area (Å²) in [5, 5.41) is 3.45. The predicted molar refractivity (Wildman–Crippen MR) is 106 cm³/mol. The maximum atomic E-state index is 12.9. The fourth-order valence-electron chi connectivity index (χ4n) is 2.76. The average molecular weight is 383 g/mol. The molecule has 1 N–H and O–H groups in total. The van der Waals surface area contributed by atoms with E-state index in [-0.39, 0.29) is 11.4 Å². The number of carbonyl (C=O) groups excluding carboxylic acids is 1. The van der Waals surface area contributed by atoms with Gasteiger partial charge in [0.25, 0.3) is 0 Å². The molecule has 0 fully saturated rings. The number of rotatable bonds is 6. The van der Waals surface area contributed by atoms with Crippen molar-refractivity contribution in [3.05, 3.63) is 66.4 Å². The third-order valence-corrected chi connectivity index (χ3v) is 6.13. The average Bonchev–Trinajstić information content (AvgIpc) is 2.68. The summed E-state index contributed by atoms with van der Waals surface area (Å²) in [7, 11) is -2.47. The highest BCUT2D eigenvalue weighted by atomic mass is 32.2. The summed E-state index contributed by atoms with van der Waals surface area (Å²) in [6.07, 6.45) is 2.46. The van der Waals surface area contributed by atoms with Gasteiger partial charge in [0.05, 0.1) is 12.1 Å². The number of sulfonamides is 1. The van der Waals surface area contributed by atoms with Gasteiger partial charge in [-0.3, -0.25) is 9.78 Å². The molecule has 0 radical (unpaired) electrons. The molecule has 3 rings (SSSR count). The molecule has 1 heterocycles. The molecule has 0 aliphatic heterocycles. The Hall–Kier alpha value is -2.77. The minimum absolute atomic E-state index is 0.0863. The standard InChI is InChI=1S/C20H21N3O3S/c1-3-15-9-11-17(12-10-15)22-19(24)14-23(2)27(25,26)18-8-4-6-16-7-5-13-21-20(16)18/h4-13H,3,14H2,1-2H3,(H,22,24). The van der Waals surface area contributed by atoms with E-state index in [9.17, 15) is 13.2 Å². The highest BCUT2D eigenvalue weighted by Crippen LogP contribution is 2.23. The van der Waals surface area contributed by atoms with E-state index < -0.39 is 15.9 Å². The summed E-state index contributed by atoms with van der Waals surface area (Å²) in [5.74, 6) is -0.404. The molecule has 6 nitrogen and oxygen atoms in total. The van der Waals surface area contributed by atoms with Gasteiger partial charge in [0.15, 0.2) is 0 Å². The zero-order valence-electron chi connectivity index (χ0n) is 15.2. The van der Waals surface area contributed by atoms with E-state index in [1.54, 1.807) is 42.6 Å². The van der Waals surface area contributed by atoms with E-state index in [4.69, 9.17) is 0 Å². The Bertz CT molecular complexity index is 1060. The first kappa shape index (κ1) is 19.0. The van der Waals surface area contributed by atoms with Crippen LogP contribution < -0.4 is 5.32 Å². The molecule has 0 saturated carbocycles. The number of hydrogen-bond donors (Lipinski definition) is 1. The molecule has 0 bridgehead atoms. The van der Waals surface area contributed by atoms with Crippen LogP contribution in [0.15, 0.2) is 65.7 Å². The van der Waals surface area contributed by atoms with E-state index in [1.807, 2.05) is 12.1 Å². The van der Waals surface area contributed by atoms with Gasteiger partial charge in [-0.05, 0) is 36.2 Å². The van der Waals surface area contributed by atoms with Gasteiger partial charge in [-0.15, -0.1) is 0 Å². The number of pyridine rings is 1. The van der Waals surface area contributed by atoms with Crippen molar-refractivity contribution in [2.45, 2.75) is 18.2 Å². The first-order chi connectivity index (χ1) is 12.9. The van der Waals surface area contributed by atoms with Gasteiger partial charge in [0, 0.05) is 24.3 Å². The van der Waals surface area contributed by atoms with Gasteiger partial charge in [0.1, 0.15) is 4.90 Å². The van der Waals surface area contributed by atoms with Crippen LogP contribution in [0.25, 0.3) is 10.9 Å². The number of para-hydroxylation sites is 1. The van der Waals surface area contributed by atoms with Gasteiger partial charge in [-0.1, -0.05) is 37.3 Å². The quantitative estimate of drug-likeness (QED) is 0.709. The number of benzene rings is 2. The SMILES string of the molecule is CCc1ccc(NC(=O)CN(C)S(=O)(=O)c2cccc3cccnc23)cc1. The molecular formula is C20H21N3O3S. The summed E-state index contributed by atoms with van der Waals surface area (Å²) in [5.41, 5.74) is 2.19. The number of aromatic nitrogens is 1. The van der Waals surface area contributed by atoms with Crippen LogP contribution in [0.3, 0.4) is 0 Å². The van der Waals surface area contributed by atoms with Crippen LogP contribution >= 0.6 is 0 Å². The van der Waals surface area contributed by atoms with Crippen LogP contribution in [0.2, 0.25) is 0 Å². The smallest absolute Gasteiger partial charge is 0.245 e. The molecule has 1 amide bonds. The number of nitrogens with one attached hydrogen (secondary N) is 1. The summed E-state index contributed by atoms with van der Waals surface area (Å²) in [6, 6.07) is 16.0. The first-order valence-corrected chi connectivity index (χ1v) is 10.0. The van der Waals surface area contributed by atoms with Crippen LogP contribution in [0.1, 0.15) is 12.5 Å². The van der Waals surface area contributed by atoms with Crippen molar-refractivity contribution in [1.82, 2.24) is 9.29 Å². The van der Waals surface area contributed by atoms with Crippen LogP contribution in [0.5, 0.6) is 0 Å². The van der Waals surface area contributed by atoms with Crippen molar-refractivity contribution < 1.29 is 13.2 Å². The highest BCUT2D eigenvalue weighted by Gasteiger charge is 2.25. The second-order valence-electron chi connectivity index (χ2n) is 6.19. The number of likely N-dealkylation sites (N-methyl/N-ethyl adjacent to an activating group) is 1. The lowest BCUT2D eigenvalue weighted by Crippen LogP contribution is -2.35. The summed E-state index contributed by atoms with van der Waals surface area (Å²) in [6.45, 7) is 1.76. The Kier molecular flexibility index (Phi) is 5.53. The van der Waals surface area contributed by atoms with E-state index in [0.29, 0.717) is 11.2 Å². The van der Waals surface area contributed by atoms with Gasteiger partial charge in [-0.25, -0.2) is 8.42 Å². The maximum absolute atomic E-state index is 12.9. The topological polar surface area (TPSA) is 79.4 Å². The zero-order valence-corrected chi connectivity index (χ0v) is 16.0. The van der Waals surface area contributed by atoms with E-state index in [0.717, 1.165) is 21.7 Å². The Balaban J connectivity index is 1.77. The molecule has 27 heavy (non-hydrogen) atoms. The maximum Gasteiger partial charge on any atom is 0.245 e. The first-order valence-electron chi connectivity index (χ1n) is 8.60. The Morgan fingerprint density at radius 3 is 2.48 bits per heavy atom. The minimum Gasteiger partial charge on any atom is -0.325 e. The Morgan fingerprint density at radius 1 is 1.07 bits per heavy atom. The number of fused-ring (bicyclic) bond motifs is 1. The largest absolute Gasteiger partial charge is 0.325 e. The van der Waals surface area contributed by atoms with Crippen molar-refractivity contribution in [2.75, 3.05) is 18.9 Å². The second-order valence-corrected chi connectivity index (χ2v) is 8.20. The molecule has 7 heteroatoms. The van der Waals surface area contributed by atoms with E-state index in [2.05, 4.69) is 17.2 Å². The lowest BCUT2D eigenvalue weighted by atomic mass is 10.1. The third kappa shape index (κ3) is 4.15. The van der Waals surface area contributed by atoms with Crippen LogP contribution in [-0.4, -0.2) is 37.2 Å². The third-order valence-electron chi connectivity index (χ3n) is 4.30. The number of nitrogens with zero attached hydrogens (tertiary/aromatic N) is 2. The Labute approximate surface area is 158 Å². The number of carbonyl (C=O) groups is 1. The normalized spacial score (nSPS) is 11.7. The van der Waals surface area contributed by atoms with Crippen molar-refractivity contribution in [1.29, 1.82) is 0 Å². The van der Waals surface area contributed by atoms with Crippen molar-refractivity contribution in [3.63, 3.8) is 0 Å². The fourth-order valence-corrected chi connectivity index (χ4v) is 4.05. The van der Waals surface area contributed by atoms with E-state index in [1.165, 1.54) is 13.1 Å². The molecule has 1 aromatic heterocycles. The summed E-state index contributed by atoms with van der Waals surface area (Å²) in [4.78, 5) is 16.6. The molecule has 0 atom stereocenters. The van der Waals surface area contributed by atoms with Crippen molar-refractivity contribution >= 4 is 32.5 Å². The van der Waals surface area contributed by atoms with Gasteiger partial charge in [-0.2, -0.15) is 4.31 Å². The van der Waals surface area contributed by atoms with Gasteiger partial charge < -0.3 is 5.32 Å². The number of aryl methyl sites for hydroxylation is 1. The molecule has 140 valence electrons. The lowest BCUT2D eigenvalue weighted by molar-refractivity contribution is -0.116. The zero-order chi connectivity index (χ0) is 19.4. The fraction of sp³-hybridized carbons (Fsp3) is 0.200. The van der Waals surface area contributed by atoms with Crippen molar-refractivity contribution in [3.8, 4) is 0 Å². The van der Waals surface area contributed by atoms with Crippen LogP contribution in [0, 0.1) is 0 Å². The lowest BCUT2D eigenvalue weighted by Gasteiger charge is -2.18. The molecule has 0 unspecified atom stereocenters. The van der Waals surface area contributed by atoms with Gasteiger partial charge in [0.2, 0.25) is 15.9 Å². The molecule has 0 saturated heterocycles.